The van der Waals surface area contributed by atoms with Crippen LogP contribution < -0.4 is 5.32 Å². The number of hydrogen-bond donors (Lipinski definition) is 1. The Morgan fingerprint density at radius 3 is 2.62 bits per heavy atom. The van der Waals surface area contributed by atoms with Crippen molar-refractivity contribution in [3.63, 3.8) is 0 Å². The van der Waals surface area contributed by atoms with Gasteiger partial charge in [-0.3, -0.25) is 4.79 Å². The smallest absolute Gasteiger partial charge is 0.233 e. The molecule has 140 valence electrons. The van der Waals surface area contributed by atoms with Crippen molar-refractivity contribution in [2.24, 2.45) is 0 Å². The molecule has 1 fully saturated rings. The van der Waals surface area contributed by atoms with E-state index in [2.05, 4.69) is 41.5 Å². The SMILES string of the molecule is Cc1cccc(C)c1Nc1nnc(SCC(=O)N(C)C2CCCCC2)s1. The first-order chi connectivity index (χ1) is 12.5. The van der Waals surface area contributed by atoms with Crippen LogP contribution in [-0.2, 0) is 4.79 Å². The van der Waals surface area contributed by atoms with Gasteiger partial charge in [0.25, 0.3) is 0 Å². The summed E-state index contributed by atoms with van der Waals surface area (Å²) >= 11 is 2.97. The van der Waals surface area contributed by atoms with Crippen molar-refractivity contribution < 1.29 is 4.79 Å². The molecule has 7 heteroatoms. The number of nitrogens with one attached hydrogen (secondary N) is 1. The van der Waals surface area contributed by atoms with Crippen LogP contribution in [0.5, 0.6) is 0 Å². The molecule has 0 unspecified atom stereocenters. The summed E-state index contributed by atoms with van der Waals surface area (Å²) in [5, 5.41) is 12.6. The Labute approximate surface area is 163 Å². The summed E-state index contributed by atoms with van der Waals surface area (Å²) in [5.41, 5.74) is 3.44. The Bertz CT molecular complexity index is 735. The summed E-state index contributed by atoms with van der Waals surface area (Å²) in [6.07, 6.45) is 6.04. The fraction of sp³-hybridized carbons (Fsp3) is 0.526. The van der Waals surface area contributed by atoms with Gasteiger partial charge in [-0.05, 0) is 37.8 Å². The van der Waals surface area contributed by atoms with E-state index in [0.717, 1.165) is 28.0 Å². The monoisotopic (exact) mass is 390 g/mol. The van der Waals surface area contributed by atoms with Crippen LogP contribution in [0.4, 0.5) is 10.8 Å². The van der Waals surface area contributed by atoms with E-state index >= 15 is 0 Å². The second-order valence-corrected chi connectivity index (χ2v) is 9.05. The minimum atomic E-state index is 0.182. The number of carbonyl (C=O) groups excluding carboxylic acids is 1. The molecule has 1 heterocycles. The van der Waals surface area contributed by atoms with Crippen molar-refractivity contribution in [1.29, 1.82) is 0 Å². The van der Waals surface area contributed by atoms with E-state index in [1.165, 1.54) is 53.5 Å². The van der Waals surface area contributed by atoms with Gasteiger partial charge in [-0.25, -0.2) is 0 Å². The number of anilines is 2. The number of carbonyl (C=O) groups is 1. The minimum Gasteiger partial charge on any atom is -0.342 e. The zero-order valence-electron chi connectivity index (χ0n) is 15.6. The summed E-state index contributed by atoms with van der Waals surface area (Å²) in [7, 11) is 1.94. The highest BCUT2D eigenvalue weighted by Gasteiger charge is 2.22. The molecule has 0 atom stereocenters. The lowest BCUT2D eigenvalue weighted by Crippen LogP contribution is -2.39. The molecule has 2 aromatic rings. The van der Waals surface area contributed by atoms with Gasteiger partial charge in [0.05, 0.1) is 5.75 Å². The molecule has 1 amide bonds. The van der Waals surface area contributed by atoms with Crippen molar-refractivity contribution in [3.05, 3.63) is 29.3 Å². The number of amides is 1. The number of para-hydroxylation sites is 1. The summed E-state index contributed by atoms with van der Waals surface area (Å²) in [5.74, 6) is 0.603. The first-order valence-corrected chi connectivity index (χ1v) is 10.9. The first-order valence-electron chi connectivity index (χ1n) is 9.10. The van der Waals surface area contributed by atoms with Gasteiger partial charge in [0.2, 0.25) is 11.0 Å². The Hall–Kier alpha value is -1.60. The van der Waals surface area contributed by atoms with Crippen LogP contribution in [0.2, 0.25) is 0 Å². The average Bonchev–Trinajstić information content (AvgIpc) is 3.10. The van der Waals surface area contributed by atoms with Gasteiger partial charge in [-0.15, -0.1) is 10.2 Å². The van der Waals surface area contributed by atoms with Crippen molar-refractivity contribution in [2.75, 3.05) is 18.1 Å². The van der Waals surface area contributed by atoms with Crippen LogP contribution in [0.25, 0.3) is 0 Å². The van der Waals surface area contributed by atoms with Crippen molar-refractivity contribution >= 4 is 39.8 Å². The van der Waals surface area contributed by atoms with Crippen molar-refractivity contribution in [1.82, 2.24) is 15.1 Å². The highest BCUT2D eigenvalue weighted by atomic mass is 32.2. The summed E-state index contributed by atoms with van der Waals surface area (Å²) in [4.78, 5) is 14.4. The Balaban J connectivity index is 1.54. The van der Waals surface area contributed by atoms with E-state index in [-0.39, 0.29) is 5.91 Å². The van der Waals surface area contributed by atoms with Gasteiger partial charge in [-0.2, -0.15) is 0 Å². The Kier molecular flexibility index (Phi) is 6.53. The molecule has 1 N–H and O–H groups in total. The van der Waals surface area contributed by atoms with Gasteiger partial charge in [0, 0.05) is 18.8 Å². The van der Waals surface area contributed by atoms with Crippen LogP contribution in [0.3, 0.4) is 0 Å². The van der Waals surface area contributed by atoms with E-state index in [0.29, 0.717) is 11.8 Å². The molecule has 0 spiro atoms. The molecular weight excluding hydrogens is 364 g/mol. The largest absolute Gasteiger partial charge is 0.342 e. The molecule has 1 aliphatic carbocycles. The highest BCUT2D eigenvalue weighted by Crippen LogP contribution is 2.30. The van der Waals surface area contributed by atoms with Crippen molar-refractivity contribution in [3.8, 4) is 0 Å². The quantitative estimate of drug-likeness (QED) is 0.719. The van der Waals surface area contributed by atoms with Gasteiger partial charge < -0.3 is 10.2 Å². The Morgan fingerprint density at radius 1 is 1.23 bits per heavy atom. The van der Waals surface area contributed by atoms with Crippen LogP contribution >= 0.6 is 23.1 Å². The van der Waals surface area contributed by atoms with Crippen LogP contribution in [-0.4, -0.2) is 39.8 Å². The molecule has 0 saturated heterocycles. The average molecular weight is 391 g/mol. The molecule has 3 rings (SSSR count). The summed E-state index contributed by atoms with van der Waals surface area (Å²) in [6, 6.07) is 6.61. The van der Waals surface area contributed by atoms with Gasteiger partial charge >= 0.3 is 0 Å². The van der Waals surface area contributed by atoms with Gasteiger partial charge in [-0.1, -0.05) is 60.6 Å². The van der Waals surface area contributed by atoms with Crippen LogP contribution in [0.1, 0.15) is 43.2 Å². The number of aryl methyl sites for hydroxylation is 2. The van der Waals surface area contributed by atoms with E-state index in [1.54, 1.807) is 0 Å². The number of hydrogen-bond acceptors (Lipinski definition) is 6. The number of thioether (sulfide) groups is 1. The van der Waals surface area contributed by atoms with E-state index < -0.39 is 0 Å². The predicted octanol–water partition coefficient (Wildman–Crippen LogP) is 4.78. The van der Waals surface area contributed by atoms with Crippen molar-refractivity contribution in [2.45, 2.75) is 56.3 Å². The maximum Gasteiger partial charge on any atom is 0.233 e. The number of aromatic nitrogens is 2. The molecule has 0 radical (unpaired) electrons. The summed E-state index contributed by atoms with van der Waals surface area (Å²) in [6.45, 7) is 4.15. The van der Waals surface area contributed by atoms with Crippen LogP contribution in [0.15, 0.2) is 22.5 Å². The summed E-state index contributed by atoms with van der Waals surface area (Å²) < 4.78 is 0.823. The maximum absolute atomic E-state index is 12.4. The fourth-order valence-corrected chi connectivity index (χ4v) is 5.01. The third kappa shape index (κ3) is 4.76. The first kappa shape index (κ1) is 19.2. The molecule has 1 aliphatic rings. The maximum atomic E-state index is 12.4. The molecule has 26 heavy (non-hydrogen) atoms. The molecular formula is C19H26N4OS2. The lowest BCUT2D eigenvalue weighted by Gasteiger charge is -2.31. The molecule has 5 nitrogen and oxygen atoms in total. The standard InChI is InChI=1S/C19H26N4OS2/c1-13-8-7-9-14(2)17(13)20-18-21-22-19(26-18)25-12-16(24)23(3)15-10-5-4-6-11-15/h7-9,15H,4-6,10-12H2,1-3H3,(H,20,21). The van der Waals surface area contributed by atoms with E-state index in [9.17, 15) is 4.79 Å². The second-order valence-electron chi connectivity index (χ2n) is 6.85. The topological polar surface area (TPSA) is 58.1 Å². The molecule has 0 aliphatic heterocycles. The van der Waals surface area contributed by atoms with E-state index in [4.69, 9.17) is 0 Å². The zero-order chi connectivity index (χ0) is 18.5. The Morgan fingerprint density at radius 2 is 1.92 bits per heavy atom. The normalized spacial score (nSPS) is 15.0. The lowest BCUT2D eigenvalue weighted by atomic mass is 9.94. The predicted molar refractivity (Wildman–Crippen MR) is 109 cm³/mol. The molecule has 1 saturated carbocycles. The fourth-order valence-electron chi connectivity index (χ4n) is 3.33. The number of nitrogens with zero attached hydrogens (tertiary/aromatic N) is 3. The minimum absolute atomic E-state index is 0.182. The molecule has 1 aromatic heterocycles. The van der Waals surface area contributed by atoms with Gasteiger partial charge in [0.1, 0.15) is 0 Å². The second kappa shape index (κ2) is 8.86. The zero-order valence-corrected chi connectivity index (χ0v) is 17.3. The van der Waals surface area contributed by atoms with E-state index in [1.807, 2.05) is 18.0 Å². The third-order valence-corrected chi connectivity index (χ3v) is 6.91. The third-order valence-electron chi connectivity index (χ3n) is 4.95. The van der Waals surface area contributed by atoms with Gasteiger partial charge in [0.15, 0.2) is 4.34 Å². The lowest BCUT2D eigenvalue weighted by molar-refractivity contribution is -0.129. The number of benzene rings is 1. The number of rotatable bonds is 6. The van der Waals surface area contributed by atoms with Crippen LogP contribution in [0, 0.1) is 13.8 Å². The molecule has 0 bridgehead atoms. The highest BCUT2D eigenvalue weighted by molar-refractivity contribution is 8.01. The molecule has 1 aromatic carbocycles.